The smallest absolute Gasteiger partial charge is 0.180 e. The monoisotopic (exact) mass is 1160 g/mol. The van der Waals surface area contributed by atoms with Crippen molar-refractivity contribution in [1.82, 2.24) is 0 Å². The molecule has 7 rings (SSSR count). The number of hydrogen-bond donors (Lipinski definition) is 8. The molecule has 1 aliphatic rings. The Balaban J connectivity index is 0.000000438. The van der Waals surface area contributed by atoms with Gasteiger partial charge in [-0.3, -0.25) is 0 Å². The topological polar surface area (TPSA) is 233 Å². The van der Waals surface area contributed by atoms with Gasteiger partial charge in [0, 0.05) is 92.4 Å². The molecule has 0 radical (unpaired) electrons. The van der Waals surface area contributed by atoms with Gasteiger partial charge in [-0.1, -0.05) is 39.8 Å². The quantitative estimate of drug-likeness (QED) is 0.0611. The molecule has 1 aliphatic carbocycles. The number of carbonyl (C=O) groups excluding carboxylic acids is 1. The first-order chi connectivity index (χ1) is 31.2. The Labute approximate surface area is 417 Å². The van der Waals surface area contributed by atoms with Crippen molar-refractivity contribution in [1.29, 1.82) is 0 Å². The van der Waals surface area contributed by atoms with Crippen LogP contribution < -0.4 is 9.46 Å². The highest BCUT2D eigenvalue weighted by Gasteiger charge is 2.35. The molecule has 352 valence electrons. The maximum atomic E-state index is 11.5. The lowest BCUT2D eigenvalue weighted by Crippen LogP contribution is -2.22. The van der Waals surface area contributed by atoms with Crippen LogP contribution in [0.3, 0.4) is 0 Å². The highest BCUT2D eigenvalue weighted by molar-refractivity contribution is 9.11. The lowest BCUT2D eigenvalue weighted by atomic mass is 9.77. The first-order valence-electron chi connectivity index (χ1n) is 20.9. The lowest BCUT2D eigenvalue weighted by Gasteiger charge is -2.29. The van der Waals surface area contributed by atoms with E-state index in [1.807, 2.05) is 27.7 Å². The van der Waals surface area contributed by atoms with Gasteiger partial charge in [0.25, 0.3) is 0 Å². The third-order valence-corrected chi connectivity index (χ3v) is 14.1. The Morgan fingerprint density at radius 2 is 0.561 bits per heavy atom. The molecule has 0 saturated carbocycles. The molecule has 6 aromatic rings. The van der Waals surface area contributed by atoms with Gasteiger partial charge in [0.15, 0.2) is 24.8 Å². The largest absolute Gasteiger partial charge is 0.619 e. The molecule has 17 heteroatoms. The summed E-state index contributed by atoms with van der Waals surface area (Å²) in [6, 6.07) is 17.0. The van der Waals surface area contributed by atoms with E-state index >= 15 is 0 Å². The Morgan fingerprint density at radius 3 is 0.667 bits per heavy atom. The number of Topliss-reactive ketones (excluding diaryl/α,β-unsaturated/α-hetero) is 1. The first-order valence-corrected chi connectivity index (χ1v) is 24.1. The van der Waals surface area contributed by atoms with E-state index in [2.05, 4.69) is 63.7 Å². The standard InChI is InChI=1S/C36H36Br4O8.2C5H5NO.C3H6O/c1-5-13-17-9-19(31(43)25(37)29(17)41)14(6-2)21-11-23(35(47)27(39)33(21)45)16(8-4)24-12-22(34(46)28(40)36(24)48)15(7-3)20-10-18(13)30(42)26(38)32(20)44;2*7-6-4-2-1-3-5-6;1-3(2)4/h9-16,41-48H,5-8H2,1-4H3;2*1-5H;1-2H3. The van der Waals surface area contributed by atoms with Gasteiger partial charge < -0.3 is 56.1 Å². The van der Waals surface area contributed by atoms with Gasteiger partial charge in [0.2, 0.25) is 0 Å². The Bertz CT molecular complexity index is 2240. The Morgan fingerprint density at radius 1 is 0.409 bits per heavy atom. The average Bonchev–Trinajstić information content (AvgIpc) is 3.29. The third-order valence-electron chi connectivity index (χ3n) is 11.1. The fraction of sp³-hybridized carbons (Fsp3) is 0.286. The number of phenolic OH excluding ortho intramolecular Hbond substituents is 8. The number of aromatic nitrogens is 2. The van der Waals surface area contributed by atoms with Gasteiger partial charge in [-0.05, 0) is 128 Å². The molecule has 2 heterocycles. The van der Waals surface area contributed by atoms with Crippen LogP contribution in [0.1, 0.15) is 135 Å². The average molecular weight is 1160 g/mol. The van der Waals surface area contributed by atoms with Gasteiger partial charge >= 0.3 is 0 Å². The van der Waals surface area contributed by atoms with Crippen LogP contribution in [0.25, 0.3) is 0 Å². The number of rotatable bonds is 4. The predicted molar refractivity (Wildman–Crippen MR) is 266 cm³/mol. The summed E-state index contributed by atoms with van der Waals surface area (Å²) < 4.78 is 1.65. The second-order valence-electron chi connectivity index (χ2n) is 15.5. The molecule has 0 unspecified atom stereocenters. The van der Waals surface area contributed by atoms with Crippen molar-refractivity contribution in [2.75, 3.05) is 0 Å². The molecule has 13 nitrogen and oxygen atoms in total. The maximum Gasteiger partial charge on any atom is 0.180 e. The summed E-state index contributed by atoms with van der Waals surface area (Å²) in [6.07, 6.45) is 7.34. The number of carbonyl (C=O) groups is 1. The molecule has 0 aliphatic heterocycles. The van der Waals surface area contributed by atoms with Crippen LogP contribution in [-0.2, 0) is 4.79 Å². The molecule has 8 bridgehead atoms. The van der Waals surface area contributed by atoms with Crippen LogP contribution in [0.15, 0.2) is 103 Å². The molecule has 2 aromatic heterocycles. The summed E-state index contributed by atoms with van der Waals surface area (Å²) >= 11 is 13.5. The third kappa shape index (κ3) is 11.5. The number of pyridine rings is 2. The molecule has 66 heavy (non-hydrogen) atoms. The van der Waals surface area contributed by atoms with E-state index in [0.29, 0.717) is 70.2 Å². The zero-order valence-corrected chi connectivity index (χ0v) is 43.3. The molecule has 0 spiro atoms. The zero-order chi connectivity index (χ0) is 49.3. The van der Waals surface area contributed by atoms with Gasteiger partial charge in [-0.15, -0.1) is 0 Å². The fourth-order valence-electron chi connectivity index (χ4n) is 8.00. The Kier molecular flexibility index (Phi) is 19.0. The van der Waals surface area contributed by atoms with E-state index in [-0.39, 0.29) is 69.7 Å². The van der Waals surface area contributed by atoms with Crippen molar-refractivity contribution in [3.63, 3.8) is 0 Å². The lowest BCUT2D eigenvalue weighted by molar-refractivity contribution is -0.605. The van der Waals surface area contributed by atoms with Gasteiger partial charge in [-0.2, -0.15) is 9.46 Å². The summed E-state index contributed by atoms with van der Waals surface area (Å²) in [6.45, 7) is 10.6. The number of benzene rings is 4. The fourth-order valence-corrected chi connectivity index (χ4v) is 9.83. The SMILES string of the molecule is CC(C)=O.CCC1c2cc(c(O)c(Br)c2O)C(CC)c2cc(c(O)c(Br)c2O)C(CC)c2cc(c(O)c(Br)c2O)C(CC)c2cc1c(O)c(Br)c2O.[O-][n+]1ccccc1.[O-][n+]1ccccc1. The zero-order valence-electron chi connectivity index (χ0n) is 36.9. The van der Waals surface area contributed by atoms with Crippen LogP contribution in [0, 0.1) is 10.4 Å². The molecule has 4 aromatic carbocycles. The summed E-state index contributed by atoms with van der Waals surface area (Å²) in [4.78, 5) is 9.44. The van der Waals surface area contributed by atoms with Crippen molar-refractivity contribution in [3.8, 4) is 46.0 Å². The van der Waals surface area contributed by atoms with E-state index < -0.39 is 23.7 Å². The Hall–Kier alpha value is -5.23. The normalized spacial score (nSPS) is 16.0. The summed E-state index contributed by atoms with van der Waals surface area (Å²) in [5, 5.41) is 112. The van der Waals surface area contributed by atoms with E-state index in [1.54, 1.807) is 60.7 Å². The number of aromatic hydroxyl groups is 8. The molecule has 0 saturated heterocycles. The molecular weight excluding hydrogens is 1110 g/mol. The van der Waals surface area contributed by atoms with Crippen molar-refractivity contribution in [2.24, 2.45) is 0 Å². The van der Waals surface area contributed by atoms with Crippen LogP contribution in [0.5, 0.6) is 46.0 Å². The second kappa shape index (κ2) is 23.5. The van der Waals surface area contributed by atoms with E-state index in [9.17, 15) is 56.1 Å². The molecule has 0 amide bonds. The molecule has 8 N–H and O–H groups in total. The van der Waals surface area contributed by atoms with Crippen LogP contribution >= 0.6 is 63.7 Å². The van der Waals surface area contributed by atoms with Crippen LogP contribution in [-0.4, -0.2) is 46.6 Å². The maximum absolute atomic E-state index is 11.5. The number of nitrogens with zero attached hydrogens (tertiary/aromatic N) is 2. The first kappa shape index (κ1) is 53.4. The summed E-state index contributed by atoms with van der Waals surface area (Å²) in [7, 11) is 0. The molecule has 0 atom stereocenters. The number of fused-ring (bicyclic) bond motifs is 8. The minimum Gasteiger partial charge on any atom is -0.619 e. The molecule has 0 fully saturated rings. The predicted octanol–water partition coefficient (Wildman–Crippen LogP) is 12.1. The number of halogens is 4. The van der Waals surface area contributed by atoms with Crippen molar-refractivity contribution in [3.05, 3.63) is 158 Å². The molecular formula is C49H52Br4N2O11. The van der Waals surface area contributed by atoms with Crippen LogP contribution in [0.2, 0.25) is 0 Å². The van der Waals surface area contributed by atoms with Gasteiger partial charge in [-0.25, -0.2) is 0 Å². The van der Waals surface area contributed by atoms with Crippen molar-refractivity contribution >= 4 is 69.5 Å². The van der Waals surface area contributed by atoms with E-state index in [4.69, 9.17) is 0 Å². The highest BCUT2D eigenvalue weighted by Crippen LogP contribution is 2.57. The number of phenols is 8. The highest BCUT2D eigenvalue weighted by atomic mass is 79.9. The van der Waals surface area contributed by atoms with E-state index in [1.165, 1.54) is 38.6 Å². The van der Waals surface area contributed by atoms with Crippen molar-refractivity contribution < 1.29 is 55.1 Å². The van der Waals surface area contributed by atoms with E-state index in [0.717, 1.165) is 9.46 Å². The minimum atomic E-state index is -0.643. The summed E-state index contributed by atoms with van der Waals surface area (Å²) in [5.74, 6) is -4.27. The van der Waals surface area contributed by atoms with Crippen LogP contribution in [0.4, 0.5) is 0 Å². The second-order valence-corrected chi connectivity index (χ2v) is 18.7. The number of hydrogen-bond acceptors (Lipinski definition) is 11. The van der Waals surface area contributed by atoms with Crippen molar-refractivity contribution in [2.45, 2.75) is 90.9 Å². The van der Waals surface area contributed by atoms with Gasteiger partial charge in [0.1, 0.15) is 69.7 Å². The number of ketones is 1. The summed E-state index contributed by atoms with van der Waals surface area (Å²) in [5.41, 5.74) is 3.08. The minimum absolute atomic E-state index is 0.0377. The van der Waals surface area contributed by atoms with Gasteiger partial charge in [0.05, 0.1) is 0 Å².